The molecule has 1 rings (SSSR count). The third kappa shape index (κ3) is 5.04. The molecule has 0 aliphatic carbocycles. The standard InChI is InChI=1S/C14H22ClNO4/c1-5-19-12(17)11(15)9-10-7-6-8-16(10)13(18)20-14(2,3)4/h9-10H,5-8H2,1-4H3/b11-9+/t10-/m0/s1. The molecule has 0 N–H and O–H groups in total. The Morgan fingerprint density at radius 1 is 1.40 bits per heavy atom. The minimum absolute atomic E-state index is 0.00677. The molecule has 0 saturated carbocycles. The molecule has 20 heavy (non-hydrogen) atoms. The van der Waals surface area contributed by atoms with Gasteiger partial charge in [-0.2, -0.15) is 0 Å². The van der Waals surface area contributed by atoms with Gasteiger partial charge in [0, 0.05) is 6.54 Å². The quantitative estimate of drug-likeness (QED) is 0.594. The van der Waals surface area contributed by atoms with E-state index in [0.29, 0.717) is 6.54 Å². The Bertz CT molecular complexity index is 400. The Balaban J connectivity index is 2.72. The topological polar surface area (TPSA) is 55.8 Å². The predicted octanol–water partition coefficient (Wildman–Crippen LogP) is 3.07. The number of likely N-dealkylation sites (tertiary alicyclic amines) is 1. The summed E-state index contributed by atoms with van der Waals surface area (Å²) in [6.07, 6.45) is 2.79. The summed E-state index contributed by atoms with van der Waals surface area (Å²) in [7, 11) is 0. The average molecular weight is 304 g/mol. The number of amides is 1. The lowest BCUT2D eigenvalue weighted by molar-refractivity contribution is -0.137. The summed E-state index contributed by atoms with van der Waals surface area (Å²) in [5, 5.41) is 0.00677. The van der Waals surface area contributed by atoms with E-state index in [1.807, 2.05) is 20.8 Å². The highest BCUT2D eigenvalue weighted by atomic mass is 35.5. The first kappa shape index (κ1) is 16.8. The molecule has 1 aliphatic heterocycles. The van der Waals surface area contributed by atoms with E-state index in [9.17, 15) is 9.59 Å². The lowest BCUT2D eigenvalue weighted by Crippen LogP contribution is -2.39. The molecule has 1 atom stereocenters. The molecule has 0 unspecified atom stereocenters. The molecule has 0 radical (unpaired) electrons. The van der Waals surface area contributed by atoms with Crippen LogP contribution in [-0.4, -0.2) is 41.8 Å². The fourth-order valence-electron chi connectivity index (χ4n) is 1.95. The van der Waals surface area contributed by atoms with E-state index in [2.05, 4.69) is 0 Å². The summed E-state index contributed by atoms with van der Waals surface area (Å²) < 4.78 is 10.2. The van der Waals surface area contributed by atoms with Crippen LogP contribution in [0.2, 0.25) is 0 Å². The van der Waals surface area contributed by atoms with Crippen molar-refractivity contribution in [2.75, 3.05) is 13.2 Å². The highest BCUT2D eigenvalue weighted by Gasteiger charge is 2.31. The van der Waals surface area contributed by atoms with E-state index in [-0.39, 0.29) is 23.8 Å². The molecule has 0 aromatic heterocycles. The van der Waals surface area contributed by atoms with Crippen molar-refractivity contribution < 1.29 is 19.1 Å². The number of carbonyl (C=O) groups is 2. The van der Waals surface area contributed by atoms with Gasteiger partial charge >= 0.3 is 12.1 Å². The lowest BCUT2D eigenvalue weighted by Gasteiger charge is -2.27. The Morgan fingerprint density at radius 2 is 2.05 bits per heavy atom. The number of esters is 1. The van der Waals surface area contributed by atoms with Gasteiger partial charge in [0.25, 0.3) is 0 Å². The monoisotopic (exact) mass is 303 g/mol. The van der Waals surface area contributed by atoms with Gasteiger partial charge < -0.3 is 14.4 Å². The van der Waals surface area contributed by atoms with Crippen molar-refractivity contribution in [2.45, 2.75) is 52.2 Å². The van der Waals surface area contributed by atoms with Crippen LogP contribution in [0.5, 0.6) is 0 Å². The number of halogens is 1. The first-order valence-electron chi connectivity index (χ1n) is 6.78. The number of nitrogens with zero attached hydrogens (tertiary/aromatic N) is 1. The third-order valence-electron chi connectivity index (χ3n) is 2.74. The summed E-state index contributed by atoms with van der Waals surface area (Å²) in [4.78, 5) is 25.1. The second-order valence-electron chi connectivity index (χ2n) is 5.62. The maximum Gasteiger partial charge on any atom is 0.410 e. The van der Waals surface area contributed by atoms with Crippen LogP contribution in [0.15, 0.2) is 11.1 Å². The number of hydrogen-bond donors (Lipinski definition) is 0. The molecule has 1 amide bonds. The molecule has 1 heterocycles. The number of hydrogen-bond acceptors (Lipinski definition) is 4. The molecule has 0 aromatic carbocycles. The molecule has 1 fully saturated rings. The predicted molar refractivity (Wildman–Crippen MR) is 76.5 cm³/mol. The molecular formula is C14H22ClNO4. The number of rotatable bonds is 3. The SMILES string of the molecule is CCOC(=O)/C(Cl)=C\[C@@H]1CCCN1C(=O)OC(C)(C)C. The number of ether oxygens (including phenoxy) is 2. The maximum atomic E-state index is 12.1. The molecule has 0 bridgehead atoms. The van der Waals surface area contributed by atoms with E-state index < -0.39 is 11.6 Å². The van der Waals surface area contributed by atoms with Crippen molar-refractivity contribution in [3.05, 3.63) is 11.1 Å². The van der Waals surface area contributed by atoms with Crippen molar-refractivity contribution in [1.29, 1.82) is 0 Å². The smallest absolute Gasteiger partial charge is 0.410 e. The van der Waals surface area contributed by atoms with Crippen molar-refractivity contribution in [2.24, 2.45) is 0 Å². The molecule has 114 valence electrons. The van der Waals surface area contributed by atoms with Gasteiger partial charge in [-0.05, 0) is 46.6 Å². The van der Waals surface area contributed by atoms with Gasteiger partial charge in [0.1, 0.15) is 10.6 Å². The normalized spacial score (nSPS) is 19.9. The molecule has 0 aromatic rings. The zero-order chi connectivity index (χ0) is 15.3. The van der Waals surface area contributed by atoms with E-state index in [1.165, 1.54) is 0 Å². The largest absolute Gasteiger partial charge is 0.462 e. The Kier molecular flexibility index (Phi) is 5.87. The zero-order valence-corrected chi connectivity index (χ0v) is 13.2. The fourth-order valence-corrected chi connectivity index (χ4v) is 2.15. The van der Waals surface area contributed by atoms with Gasteiger partial charge in [-0.15, -0.1) is 0 Å². The van der Waals surface area contributed by atoms with Crippen LogP contribution in [0.3, 0.4) is 0 Å². The van der Waals surface area contributed by atoms with Crippen molar-refractivity contribution in [3.8, 4) is 0 Å². The third-order valence-corrected chi connectivity index (χ3v) is 3.02. The summed E-state index contributed by atoms with van der Waals surface area (Å²) in [5.74, 6) is -0.565. The van der Waals surface area contributed by atoms with Crippen molar-refractivity contribution in [3.63, 3.8) is 0 Å². The lowest BCUT2D eigenvalue weighted by atomic mass is 10.2. The Labute approximate surface area is 124 Å². The minimum atomic E-state index is -0.565. The van der Waals surface area contributed by atoms with E-state index in [1.54, 1.807) is 17.9 Å². The van der Waals surface area contributed by atoms with Crippen LogP contribution >= 0.6 is 11.6 Å². The first-order valence-corrected chi connectivity index (χ1v) is 7.16. The van der Waals surface area contributed by atoms with Gasteiger partial charge in [-0.3, -0.25) is 0 Å². The molecule has 0 spiro atoms. The summed E-state index contributed by atoms with van der Waals surface area (Å²) in [5.41, 5.74) is -0.543. The van der Waals surface area contributed by atoms with E-state index in [4.69, 9.17) is 21.1 Å². The van der Waals surface area contributed by atoms with Crippen LogP contribution in [0, 0.1) is 0 Å². The van der Waals surface area contributed by atoms with Gasteiger partial charge in [0.05, 0.1) is 12.6 Å². The highest BCUT2D eigenvalue weighted by molar-refractivity contribution is 6.41. The molecule has 1 saturated heterocycles. The van der Waals surface area contributed by atoms with Gasteiger partial charge in [-0.1, -0.05) is 11.6 Å². The van der Waals surface area contributed by atoms with Gasteiger partial charge in [-0.25, -0.2) is 9.59 Å². The van der Waals surface area contributed by atoms with Crippen LogP contribution in [0.4, 0.5) is 4.79 Å². The summed E-state index contributed by atoms with van der Waals surface area (Å²) in [6, 6.07) is -0.221. The maximum absolute atomic E-state index is 12.1. The van der Waals surface area contributed by atoms with Gasteiger partial charge in [0.2, 0.25) is 0 Å². The molecular weight excluding hydrogens is 282 g/mol. The Hall–Kier alpha value is -1.23. The van der Waals surface area contributed by atoms with Crippen LogP contribution in [0.1, 0.15) is 40.5 Å². The average Bonchev–Trinajstić information content (AvgIpc) is 2.75. The first-order chi connectivity index (χ1) is 9.24. The molecule has 6 heteroatoms. The van der Waals surface area contributed by atoms with E-state index in [0.717, 1.165) is 12.8 Å². The van der Waals surface area contributed by atoms with Crippen LogP contribution < -0.4 is 0 Å². The van der Waals surface area contributed by atoms with Crippen LogP contribution in [-0.2, 0) is 14.3 Å². The van der Waals surface area contributed by atoms with E-state index >= 15 is 0 Å². The second-order valence-corrected chi connectivity index (χ2v) is 6.03. The molecule has 5 nitrogen and oxygen atoms in total. The minimum Gasteiger partial charge on any atom is -0.462 e. The van der Waals surface area contributed by atoms with Crippen LogP contribution in [0.25, 0.3) is 0 Å². The highest BCUT2D eigenvalue weighted by Crippen LogP contribution is 2.23. The van der Waals surface area contributed by atoms with Crippen molar-refractivity contribution >= 4 is 23.7 Å². The summed E-state index contributed by atoms with van der Waals surface area (Å²) >= 11 is 5.90. The summed E-state index contributed by atoms with van der Waals surface area (Å²) in [6.45, 7) is 8.03. The second kappa shape index (κ2) is 6.97. The molecule has 1 aliphatic rings. The Morgan fingerprint density at radius 3 is 2.60 bits per heavy atom. The number of carbonyl (C=O) groups excluding carboxylic acids is 2. The van der Waals surface area contributed by atoms with Crippen molar-refractivity contribution in [1.82, 2.24) is 4.90 Å². The fraction of sp³-hybridized carbons (Fsp3) is 0.714. The van der Waals surface area contributed by atoms with Gasteiger partial charge in [0.15, 0.2) is 0 Å². The zero-order valence-electron chi connectivity index (χ0n) is 12.4.